The molecule has 20 heavy (non-hydrogen) atoms. The number of pyridine rings is 1. The van der Waals surface area contributed by atoms with Crippen LogP contribution in [-0.2, 0) is 6.42 Å². The van der Waals surface area contributed by atoms with Gasteiger partial charge >= 0.3 is 0 Å². The molecular formula is C17H15NO2. The molecule has 1 heterocycles. The minimum absolute atomic E-state index is 0.0927. The van der Waals surface area contributed by atoms with E-state index < -0.39 is 0 Å². The third-order valence-corrected chi connectivity index (χ3v) is 3.58. The normalized spacial score (nSPS) is 15.5. The van der Waals surface area contributed by atoms with Crippen LogP contribution in [0.5, 0.6) is 5.75 Å². The lowest BCUT2D eigenvalue weighted by molar-refractivity contribution is 0.104. The Balaban J connectivity index is 2.01. The molecule has 0 fully saturated rings. The Kier molecular flexibility index (Phi) is 3.11. The van der Waals surface area contributed by atoms with E-state index in [1.165, 1.54) is 0 Å². The van der Waals surface area contributed by atoms with Gasteiger partial charge in [-0.1, -0.05) is 6.07 Å². The fourth-order valence-corrected chi connectivity index (χ4v) is 2.56. The number of ether oxygens (including phenoxy) is 1. The molecule has 3 rings (SSSR count). The lowest BCUT2D eigenvalue weighted by atomic mass is 10.1. The molecule has 1 aliphatic carbocycles. The monoisotopic (exact) mass is 265 g/mol. The minimum Gasteiger partial charge on any atom is -0.496 e. The third kappa shape index (κ3) is 2.11. The van der Waals surface area contributed by atoms with Crippen molar-refractivity contribution in [2.75, 3.05) is 7.11 Å². The molecule has 3 nitrogen and oxygen atoms in total. The Bertz CT molecular complexity index is 702. The Hall–Kier alpha value is -2.42. The van der Waals surface area contributed by atoms with Crippen molar-refractivity contribution in [3.8, 4) is 5.75 Å². The van der Waals surface area contributed by atoms with Crippen molar-refractivity contribution in [1.82, 2.24) is 4.98 Å². The molecule has 0 atom stereocenters. The standard InChI is InChI=1S/C17H15NO2/c1-11-7-13-9-14(8-12-3-5-18-6-4-12)17(19)15(13)10-16(11)20-2/h3-8,10H,9H2,1-2H3/b14-8+. The van der Waals surface area contributed by atoms with E-state index in [4.69, 9.17) is 4.74 Å². The summed E-state index contributed by atoms with van der Waals surface area (Å²) in [6, 6.07) is 7.68. The van der Waals surface area contributed by atoms with E-state index >= 15 is 0 Å². The number of aryl methyl sites for hydroxylation is 1. The number of methoxy groups -OCH3 is 1. The maximum Gasteiger partial charge on any atom is 0.189 e. The maximum absolute atomic E-state index is 12.4. The molecule has 1 aromatic heterocycles. The number of benzene rings is 1. The first kappa shape index (κ1) is 12.6. The summed E-state index contributed by atoms with van der Waals surface area (Å²) < 4.78 is 5.29. The van der Waals surface area contributed by atoms with Crippen LogP contribution >= 0.6 is 0 Å². The summed E-state index contributed by atoms with van der Waals surface area (Å²) in [6.07, 6.45) is 6.07. The molecule has 100 valence electrons. The molecule has 0 unspecified atom stereocenters. The number of hydrogen-bond acceptors (Lipinski definition) is 3. The van der Waals surface area contributed by atoms with Crippen molar-refractivity contribution < 1.29 is 9.53 Å². The average Bonchev–Trinajstić information content (AvgIpc) is 2.75. The minimum atomic E-state index is 0.0927. The number of hydrogen-bond donors (Lipinski definition) is 0. The Morgan fingerprint density at radius 1 is 1.25 bits per heavy atom. The van der Waals surface area contributed by atoms with Gasteiger partial charge in [0, 0.05) is 30.0 Å². The van der Waals surface area contributed by atoms with Crippen LogP contribution in [-0.4, -0.2) is 17.9 Å². The van der Waals surface area contributed by atoms with Crippen molar-refractivity contribution in [2.45, 2.75) is 13.3 Å². The van der Waals surface area contributed by atoms with Gasteiger partial charge in [0.2, 0.25) is 0 Å². The summed E-state index contributed by atoms with van der Waals surface area (Å²) in [5.41, 5.74) is 4.71. The molecule has 0 saturated carbocycles. The molecule has 0 bridgehead atoms. The zero-order valence-electron chi connectivity index (χ0n) is 11.5. The van der Waals surface area contributed by atoms with Crippen LogP contribution in [0.15, 0.2) is 42.2 Å². The van der Waals surface area contributed by atoms with Crippen LogP contribution in [0.1, 0.15) is 27.0 Å². The highest BCUT2D eigenvalue weighted by atomic mass is 16.5. The first-order valence-corrected chi connectivity index (χ1v) is 6.52. The molecular weight excluding hydrogens is 250 g/mol. The number of Topliss-reactive ketones (excluding diaryl/α,β-unsaturated/α-hetero) is 1. The van der Waals surface area contributed by atoms with Gasteiger partial charge in [-0.2, -0.15) is 0 Å². The van der Waals surface area contributed by atoms with Gasteiger partial charge in [-0.05, 0) is 47.9 Å². The first-order chi connectivity index (χ1) is 9.69. The van der Waals surface area contributed by atoms with Crippen molar-refractivity contribution >= 4 is 11.9 Å². The maximum atomic E-state index is 12.4. The summed E-state index contributed by atoms with van der Waals surface area (Å²) >= 11 is 0. The molecule has 0 saturated heterocycles. The number of fused-ring (bicyclic) bond motifs is 1. The zero-order chi connectivity index (χ0) is 14.1. The lowest BCUT2D eigenvalue weighted by Gasteiger charge is -2.06. The van der Waals surface area contributed by atoms with Crippen LogP contribution in [0.4, 0.5) is 0 Å². The number of nitrogens with zero attached hydrogens (tertiary/aromatic N) is 1. The van der Waals surface area contributed by atoms with E-state index in [-0.39, 0.29) is 5.78 Å². The molecule has 0 spiro atoms. The van der Waals surface area contributed by atoms with Crippen LogP contribution < -0.4 is 4.74 Å². The predicted molar refractivity (Wildman–Crippen MR) is 78.0 cm³/mol. The Morgan fingerprint density at radius 3 is 2.70 bits per heavy atom. The molecule has 3 heteroatoms. The first-order valence-electron chi connectivity index (χ1n) is 6.52. The summed E-state index contributed by atoms with van der Waals surface area (Å²) in [6.45, 7) is 1.99. The van der Waals surface area contributed by atoms with E-state index in [2.05, 4.69) is 4.98 Å². The fraction of sp³-hybridized carbons (Fsp3) is 0.176. The van der Waals surface area contributed by atoms with Crippen LogP contribution in [0, 0.1) is 6.92 Å². The van der Waals surface area contributed by atoms with Gasteiger partial charge < -0.3 is 4.74 Å². The van der Waals surface area contributed by atoms with Crippen LogP contribution in [0.3, 0.4) is 0 Å². The zero-order valence-corrected chi connectivity index (χ0v) is 11.5. The average molecular weight is 265 g/mol. The Labute approximate surface area is 117 Å². The van der Waals surface area contributed by atoms with Gasteiger partial charge in [-0.3, -0.25) is 9.78 Å². The highest BCUT2D eigenvalue weighted by molar-refractivity contribution is 6.15. The molecule has 0 aliphatic heterocycles. The highest BCUT2D eigenvalue weighted by Gasteiger charge is 2.26. The highest BCUT2D eigenvalue weighted by Crippen LogP contribution is 2.32. The van der Waals surface area contributed by atoms with Crippen molar-refractivity contribution in [2.24, 2.45) is 0 Å². The molecule has 1 aliphatic rings. The third-order valence-electron chi connectivity index (χ3n) is 3.58. The topological polar surface area (TPSA) is 39.2 Å². The van der Waals surface area contributed by atoms with Crippen LogP contribution in [0.25, 0.3) is 6.08 Å². The van der Waals surface area contributed by atoms with Gasteiger partial charge in [0.05, 0.1) is 7.11 Å². The van der Waals surface area contributed by atoms with Crippen LogP contribution in [0.2, 0.25) is 0 Å². The molecule has 0 amide bonds. The van der Waals surface area contributed by atoms with E-state index in [9.17, 15) is 4.79 Å². The summed E-state index contributed by atoms with van der Waals surface area (Å²) in [5, 5.41) is 0. The summed E-state index contributed by atoms with van der Waals surface area (Å²) in [7, 11) is 1.63. The molecule has 0 N–H and O–H groups in total. The van der Waals surface area contributed by atoms with E-state index in [0.29, 0.717) is 6.42 Å². The quantitative estimate of drug-likeness (QED) is 0.783. The van der Waals surface area contributed by atoms with Gasteiger partial charge in [0.15, 0.2) is 5.78 Å². The second-order valence-electron chi connectivity index (χ2n) is 4.94. The van der Waals surface area contributed by atoms with E-state index in [1.54, 1.807) is 19.5 Å². The molecule has 0 radical (unpaired) electrons. The lowest BCUT2D eigenvalue weighted by Crippen LogP contribution is -1.97. The fourth-order valence-electron chi connectivity index (χ4n) is 2.56. The SMILES string of the molecule is COc1cc2c(cc1C)C/C(=C\c1ccncc1)C2=O. The van der Waals surface area contributed by atoms with Crippen molar-refractivity contribution in [3.05, 3.63) is 64.5 Å². The number of ketones is 1. The smallest absolute Gasteiger partial charge is 0.189 e. The van der Waals surface area contributed by atoms with E-state index in [0.717, 1.165) is 33.6 Å². The number of aromatic nitrogens is 1. The van der Waals surface area contributed by atoms with E-state index in [1.807, 2.05) is 37.3 Å². The predicted octanol–water partition coefficient (Wildman–Crippen LogP) is 3.22. The number of carbonyl (C=O) groups excluding carboxylic acids is 1. The van der Waals surface area contributed by atoms with Crippen molar-refractivity contribution in [3.63, 3.8) is 0 Å². The number of carbonyl (C=O) groups is 1. The Morgan fingerprint density at radius 2 is 2.00 bits per heavy atom. The largest absolute Gasteiger partial charge is 0.496 e. The number of allylic oxidation sites excluding steroid dienone is 1. The second-order valence-corrected chi connectivity index (χ2v) is 4.94. The van der Waals surface area contributed by atoms with Gasteiger partial charge in [-0.15, -0.1) is 0 Å². The number of rotatable bonds is 2. The van der Waals surface area contributed by atoms with Gasteiger partial charge in [0.1, 0.15) is 5.75 Å². The summed E-state index contributed by atoms with van der Waals surface area (Å²) in [5.74, 6) is 0.859. The molecule has 1 aromatic carbocycles. The second kappa shape index (κ2) is 4.93. The van der Waals surface area contributed by atoms with Crippen molar-refractivity contribution in [1.29, 1.82) is 0 Å². The van der Waals surface area contributed by atoms with Gasteiger partial charge in [-0.25, -0.2) is 0 Å². The summed E-state index contributed by atoms with van der Waals surface area (Å²) in [4.78, 5) is 16.4. The molecule has 2 aromatic rings. The van der Waals surface area contributed by atoms with Gasteiger partial charge in [0.25, 0.3) is 0 Å².